The molecule has 0 unspecified atom stereocenters. The zero-order valence-electron chi connectivity index (χ0n) is 24.3. The number of carbonyl (C=O) groups excluding carboxylic acids is 1. The molecule has 4 heterocycles. The second kappa shape index (κ2) is 13.3. The number of aryl methyl sites for hydroxylation is 1. The smallest absolute Gasteiger partial charge is 0.335 e. The summed E-state index contributed by atoms with van der Waals surface area (Å²) in [5.41, 5.74) is 3.58. The summed E-state index contributed by atoms with van der Waals surface area (Å²) < 4.78 is 5.58. The Bertz CT molecular complexity index is 1460. The van der Waals surface area contributed by atoms with Crippen LogP contribution in [0.2, 0.25) is 5.02 Å². The zero-order chi connectivity index (χ0) is 29.9. The highest BCUT2D eigenvalue weighted by molar-refractivity contribution is 7.99. The summed E-state index contributed by atoms with van der Waals surface area (Å²) in [7, 11) is 0. The maximum Gasteiger partial charge on any atom is 0.335 e. The van der Waals surface area contributed by atoms with E-state index < -0.39 is 5.97 Å². The molecule has 1 atom stereocenters. The maximum atomic E-state index is 13.9. The van der Waals surface area contributed by atoms with Crippen LogP contribution in [-0.2, 0) is 11.3 Å². The number of halogens is 1. The average Bonchev–Trinajstić information content (AvgIpc) is 3.36. The van der Waals surface area contributed by atoms with E-state index in [1.54, 1.807) is 12.1 Å². The highest BCUT2D eigenvalue weighted by Crippen LogP contribution is 2.38. The molecule has 0 radical (unpaired) electrons. The first-order chi connectivity index (χ1) is 20.9. The molecule has 3 aliphatic heterocycles. The van der Waals surface area contributed by atoms with Gasteiger partial charge < -0.3 is 19.6 Å². The predicted molar refractivity (Wildman–Crippen MR) is 167 cm³/mol. The van der Waals surface area contributed by atoms with Gasteiger partial charge in [0.1, 0.15) is 5.03 Å². The topological polar surface area (TPSA) is 86.2 Å². The minimum atomic E-state index is -0.927. The fourth-order valence-corrected chi connectivity index (χ4v) is 7.53. The third kappa shape index (κ3) is 6.85. The Labute approximate surface area is 262 Å². The van der Waals surface area contributed by atoms with Gasteiger partial charge in [0.25, 0.3) is 0 Å². The fourth-order valence-electron chi connectivity index (χ4n) is 6.50. The number of hydrogen-bond acceptors (Lipinski definition) is 6. The molecule has 0 spiro atoms. The van der Waals surface area contributed by atoms with E-state index in [9.17, 15) is 9.59 Å². The number of pyridine rings is 1. The van der Waals surface area contributed by atoms with Gasteiger partial charge in [-0.1, -0.05) is 41.6 Å². The van der Waals surface area contributed by atoms with Gasteiger partial charge in [0.2, 0.25) is 0 Å². The average molecular weight is 621 g/mol. The van der Waals surface area contributed by atoms with Gasteiger partial charge in [0, 0.05) is 67.1 Å². The summed E-state index contributed by atoms with van der Waals surface area (Å²) in [6, 6.07) is 19.6. The van der Waals surface area contributed by atoms with Crippen molar-refractivity contribution in [2.45, 2.75) is 67.2 Å². The second-order valence-corrected chi connectivity index (χ2v) is 13.1. The molecule has 3 aromatic rings. The number of aromatic nitrogens is 1. The number of hydrogen-bond donors (Lipinski definition) is 1. The maximum absolute atomic E-state index is 13.9. The van der Waals surface area contributed by atoms with Crippen LogP contribution in [0.15, 0.2) is 70.6 Å². The predicted octanol–water partition coefficient (Wildman–Crippen LogP) is 6.52. The number of amides is 2. The molecule has 1 N–H and O–H groups in total. The molecule has 0 bridgehead atoms. The van der Waals surface area contributed by atoms with E-state index in [4.69, 9.17) is 26.4 Å². The Morgan fingerprint density at radius 1 is 1.02 bits per heavy atom. The van der Waals surface area contributed by atoms with Crippen molar-refractivity contribution in [3.05, 3.63) is 88.1 Å². The lowest BCUT2D eigenvalue weighted by Crippen LogP contribution is -2.48. The quantitative estimate of drug-likeness (QED) is 0.307. The Balaban J connectivity index is 1.09. The van der Waals surface area contributed by atoms with Crippen molar-refractivity contribution < 1.29 is 19.4 Å². The molecule has 8 nitrogen and oxygen atoms in total. The fraction of sp³-hybridized carbons (Fsp3) is 0.424. The number of ether oxygens (including phenoxy) is 1. The van der Waals surface area contributed by atoms with Gasteiger partial charge in [-0.05, 0) is 86.2 Å². The Morgan fingerprint density at radius 2 is 1.77 bits per heavy atom. The van der Waals surface area contributed by atoms with Crippen LogP contribution in [0.25, 0.3) is 0 Å². The molecule has 2 amide bonds. The third-order valence-corrected chi connectivity index (χ3v) is 10.1. The van der Waals surface area contributed by atoms with Crippen LogP contribution in [0.4, 0.5) is 4.79 Å². The van der Waals surface area contributed by atoms with Gasteiger partial charge in [0.15, 0.2) is 0 Å². The number of urea groups is 1. The second-order valence-electron chi connectivity index (χ2n) is 11.6. The van der Waals surface area contributed by atoms with Gasteiger partial charge >= 0.3 is 12.0 Å². The van der Waals surface area contributed by atoms with Crippen molar-refractivity contribution in [1.82, 2.24) is 19.7 Å². The molecule has 3 aliphatic rings. The van der Waals surface area contributed by atoms with E-state index in [0.29, 0.717) is 24.8 Å². The molecule has 43 heavy (non-hydrogen) atoms. The van der Waals surface area contributed by atoms with Crippen LogP contribution in [0, 0.1) is 6.92 Å². The van der Waals surface area contributed by atoms with Crippen molar-refractivity contribution in [3.63, 3.8) is 0 Å². The standard InChI is InChI=1S/C33H37ClN4O4S/c1-22-25(7-10-31(35-22)43-29-8-5-23(6-9-29)32(39)40)20-36-15-11-28(12-16-36)38-30(24-3-2-4-26(34)19-24)21-37(33(38)41)27-13-17-42-18-14-27/h2-10,19,27-28,30H,11-18,20-21H2,1H3,(H,39,40)/t30-/m0/s1. The van der Waals surface area contributed by atoms with Gasteiger partial charge in [-0.2, -0.15) is 0 Å². The zero-order valence-corrected chi connectivity index (χ0v) is 25.9. The van der Waals surface area contributed by atoms with Gasteiger partial charge in [-0.3, -0.25) is 4.90 Å². The van der Waals surface area contributed by atoms with Gasteiger partial charge in [-0.15, -0.1) is 0 Å². The number of nitrogens with zero attached hydrogens (tertiary/aromatic N) is 4. The molecule has 1 aromatic heterocycles. The third-order valence-electron chi connectivity index (χ3n) is 8.87. The van der Waals surface area contributed by atoms with Crippen molar-refractivity contribution in [2.24, 2.45) is 0 Å². The van der Waals surface area contributed by atoms with E-state index in [2.05, 4.69) is 26.8 Å². The Morgan fingerprint density at radius 3 is 2.44 bits per heavy atom. The van der Waals surface area contributed by atoms with Crippen molar-refractivity contribution in [1.29, 1.82) is 0 Å². The molecule has 6 rings (SSSR count). The SMILES string of the molecule is Cc1nc(Sc2ccc(C(=O)O)cc2)ccc1CN1CCC(N2C(=O)N(C3CCOCC3)C[C@H]2c2cccc(Cl)c2)CC1. The first kappa shape index (κ1) is 29.9. The number of aromatic carboxylic acids is 1. The number of likely N-dealkylation sites (tertiary alicyclic amines) is 1. The van der Waals surface area contributed by atoms with Gasteiger partial charge in [0.05, 0.1) is 11.6 Å². The number of carboxylic acids is 1. The van der Waals surface area contributed by atoms with E-state index >= 15 is 0 Å². The minimum Gasteiger partial charge on any atom is -0.478 e. The normalized spacial score (nSPS) is 20.6. The van der Waals surface area contributed by atoms with Crippen LogP contribution in [0.1, 0.15) is 58.9 Å². The molecule has 3 saturated heterocycles. The Kier molecular flexibility index (Phi) is 9.23. The summed E-state index contributed by atoms with van der Waals surface area (Å²) in [5, 5.41) is 10.7. The van der Waals surface area contributed by atoms with E-state index in [1.165, 1.54) is 17.3 Å². The van der Waals surface area contributed by atoms with Crippen molar-refractivity contribution in [2.75, 3.05) is 32.8 Å². The summed E-state index contributed by atoms with van der Waals surface area (Å²) in [4.78, 5) is 37.5. The molecule has 10 heteroatoms. The van der Waals surface area contributed by atoms with Gasteiger partial charge in [-0.25, -0.2) is 14.6 Å². The van der Waals surface area contributed by atoms with E-state index in [1.807, 2.05) is 43.3 Å². The van der Waals surface area contributed by atoms with Crippen LogP contribution < -0.4 is 0 Å². The molecular formula is C33H37ClN4O4S. The first-order valence-corrected chi connectivity index (χ1v) is 16.2. The number of piperidine rings is 1. The molecule has 0 aliphatic carbocycles. The largest absolute Gasteiger partial charge is 0.478 e. The molecular weight excluding hydrogens is 584 g/mol. The summed E-state index contributed by atoms with van der Waals surface area (Å²) in [6.45, 7) is 6.82. The number of benzene rings is 2. The van der Waals surface area contributed by atoms with Crippen molar-refractivity contribution >= 4 is 35.4 Å². The van der Waals surface area contributed by atoms with E-state index in [0.717, 1.165) is 66.5 Å². The minimum absolute atomic E-state index is 0.00224. The van der Waals surface area contributed by atoms with E-state index in [-0.39, 0.29) is 29.7 Å². The number of carbonyl (C=O) groups is 2. The highest BCUT2D eigenvalue weighted by Gasteiger charge is 2.45. The number of rotatable bonds is 8. The highest BCUT2D eigenvalue weighted by atomic mass is 35.5. The van der Waals surface area contributed by atoms with Crippen LogP contribution in [0.5, 0.6) is 0 Å². The summed E-state index contributed by atoms with van der Waals surface area (Å²) in [6.07, 6.45) is 3.64. The lowest BCUT2D eigenvalue weighted by Gasteiger charge is -2.39. The lowest BCUT2D eigenvalue weighted by atomic mass is 9.98. The van der Waals surface area contributed by atoms with Crippen LogP contribution in [-0.4, -0.2) is 81.7 Å². The Hall–Kier alpha value is -3.11. The molecule has 3 fully saturated rings. The van der Waals surface area contributed by atoms with Crippen molar-refractivity contribution in [3.8, 4) is 0 Å². The first-order valence-electron chi connectivity index (χ1n) is 15.0. The summed E-state index contributed by atoms with van der Waals surface area (Å²) in [5.74, 6) is -0.927. The number of carboxylic acid groups (broad SMARTS) is 1. The van der Waals surface area contributed by atoms with Crippen LogP contribution >= 0.6 is 23.4 Å². The molecule has 226 valence electrons. The monoisotopic (exact) mass is 620 g/mol. The molecule has 0 saturated carbocycles. The molecule has 2 aromatic carbocycles. The lowest BCUT2D eigenvalue weighted by molar-refractivity contribution is 0.0493. The summed E-state index contributed by atoms with van der Waals surface area (Å²) >= 11 is 7.91. The van der Waals surface area contributed by atoms with Crippen LogP contribution in [0.3, 0.4) is 0 Å².